The largest absolute Gasteiger partial charge is 0.508 e. The van der Waals surface area contributed by atoms with Gasteiger partial charge in [0.05, 0.1) is 0 Å². The number of benzene rings is 1. The van der Waals surface area contributed by atoms with Gasteiger partial charge in [0.15, 0.2) is 0 Å². The van der Waals surface area contributed by atoms with Gasteiger partial charge in [-0.1, -0.05) is 18.2 Å². The van der Waals surface area contributed by atoms with Gasteiger partial charge in [-0.15, -0.1) is 6.58 Å². The summed E-state index contributed by atoms with van der Waals surface area (Å²) in [7, 11) is 0. The first-order valence-corrected chi connectivity index (χ1v) is 7.78. The number of carbonyl (C=O) groups excluding carboxylic acids is 1. The Morgan fingerprint density at radius 2 is 2.33 bits per heavy atom. The van der Waals surface area contributed by atoms with Gasteiger partial charge in [-0.3, -0.25) is 9.69 Å². The summed E-state index contributed by atoms with van der Waals surface area (Å²) in [6.07, 6.45) is 5.23. The fourth-order valence-corrected chi connectivity index (χ4v) is 4.16. The Kier molecular flexibility index (Phi) is 3.85. The summed E-state index contributed by atoms with van der Waals surface area (Å²) < 4.78 is 0. The van der Waals surface area contributed by atoms with Crippen LogP contribution in [0, 0.1) is 5.92 Å². The summed E-state index contributed by atoms with van der Waals surface area (Å²) in [4.78, 5) is 14.5. The minimum Gasteiger partial charge on any atom is -0.508 e. The number of carbonyl (C=O) groups is 1. The lowest BCUT2D eigenvalue weighted by atomic mass is 9.59. The molecule has 1 saturated heterocycles. The molecule has 1 heterocycles. The molecule has 3 rings (SSSR count). The molecule has 0 unspecified atom stereocenters. The second-order valence-electron chi connectivity index (χ2n) is 6.46. The van der Waals surface area contributed by atoms with Gasteiger partial charge in [-0.25, -0.2) is 0 Å². The molecule has 1 aromatic rings. The summed E-state index contributed by atoms with van der Waals surface area (Å²) in [6, 6.07) is 7.53. The lowest BCUT2D eigenvalue weighted by molar-refractivity contribution is -0.125. The topological polar surface area (TPSA) is 40.5 Å². The van der Waals surface area contributed by atoms with Gasteiger partial charge in [-0.05, 0) is 43.0 Å². The zero-order valence-electron chi connectivity index (χ0n) is 12.4. The van der Waals surface area contributed by atoms with E-state index in [2.05, 4.69) is 17.5 Å². The summed E-state index contributed by atoms with van der Waals surface area (Å²) in [5.41, 5.74) is 1.06. The Labute approximate surface area is 126 Å². The number of rotatable bonds is 3. The fraction of sp³-hybridized carbons (Fsp3) is 0.500. The summed E-state index contributed by atoms with van der Waals surface area (Å²) in [6.45, 7) is 6.76. The molecule has 2 atom stereocenters. The predicted octanol–water partition coefficient (Wildman–Crippen LogP) is 2.89. The molecule has 2 aliphatic rings. The highest BCUT2D eigenvalue weighted by molar-refractivity contribution is 5.81. The molecule has 3 heteroatoms. The maximum atomic E-state index is 12.1. The fourth-order valence-electron chi connectivity index (χ4n) is 4.16. The van der Waals surface area contributed by atoms with Crippen LogP contribution in [0.1, 0.15) is 31.2 Å². The van der Waals surface area contributed by atoms with E-state index in [0.29, 0.717) is 30.3 Å². The monoisotopic (exact) mass is 285 g/mol. The van der Waals surface area contributed by atoms with Gasteiger partial charge in [-0.2, -0.15) is 0 Å². The van der Waals surface area contributed by atoms with Crippen molar-refractivity contribution >= 4 is 5.78 Å². The maximum Gasteiger partial charge on any atom is 0.133 e. The molecule has 21 heavy (non-hydrogen) atoms. The first-order chi connectivity index (χ1) is 10.1. The average Bonchev–Trinajstić information content (AvgIpc) is 2.48. The minimum absolute atomic E-state index is 0.0776. The highest BCUT2D eigenvalue weighted by Crippen LogP contribution is 2.48. The van der Waals surface area contributed by atoms with Gasteiger partial charge in [0, 0.05) is 31.3 Å². The number of nitrogens with zero attached hydrogens (tertiary/aromatic N) is 1. The maximum absolute atomic E-state index is 12.1. The van der Waals surface area contributed by atoms with E-state index in [1.807, 2.05) is 18.2 Å². The smallest absolute Gasteiger partial charge is 0.133 e. The molecule has 0 bridgehead atoms. The zero-order chi connectivity index (χ0) is 14.9. The Bertz CT molecular complexity index is 554. The number of phenols is 1. The molecule has 1 aliphatic heterocycles. The Balaban J connectivity index is 1.95. The molecule has 0 radical (unpaired) electrons. The number of ketones is 1. The van der Waals surface area contributed by atoms with Crippen molar-refractivity contribution in [2.75, 3.05) is 19.6 Å². The van der Waals surface area contributed by atoms with Crippen LogP contribution in [0.25, 0.3) is 0 Å². The van der Waals surface area contributed by atoms with Crippen molar-refractivity contribution in [2.24, 2.45) is 5.92 Å². The number of hydrogen-bond acceptors (Lipinski definition) is 3. The quantitative estimate of drug-likeness (QED) is 0.868. The van der Waals surface area contributed by atoms with Crippen LogP contribution in [0.3, 0.4) is 0 Å². The van der Waals surface area contributed by atoms with Crippen LogP contribution in [0.5, 0.6) is 5.75 Å². The Morgan fingerprint density at radius 1 is 1.48 bits per heavy atom. The van der Waals surface area contributed by atoms with Crippen LogP contribution in [0.2, 0.25) is 0 Å². The zero-order valence-corrected chi connectivity index (χ0v) is 12.4. The number of hydrogen-bond donors (Lipinski definition) is 1. The van der Waals surface area contributed by atoms with E-state index in [-0.39, 0.29) is 5.41 Å². The van der Waals surface area contributed by atoms with Gasteiger partial charge >= 0.3 is 0 Å². The molecule has 1 aromatic carbocycles. The second kappa shape index (κ2) is 5.64. The summed E-state index contributed by atoms with van der Waals surface area (Å²) in [5.74, 6) is 1.16. The minimum atomic E-state index is -0.0776. The van der Waals surface area contributed by atoms with Crippen molar-refractivity contribution in [3.8, 4) is 5.75 Å². The number of fused-ring (bicyclic) bond motifs is 1. The van der Waals surface area contributed by atoms with Gasteiger partial charge < -0.3 is 5.11 Å². The molecular weight excluding hydrogens is 262 g/mol. The van der Waals surface area contributed by atoms with Crippen molar-refractivity contribution in [2.45, 2.75) is 31.1 Å². The van der Waals surface area contributed by atoms with E-state index in [9.17, 15) is 9.90 Å². The van der Waals surface area contributed by atoms with E-state index in [1.54, 1.807) is 6.07 Å². The molecule has 0 spiro atoms. The molecular formula is C18H23NO2. The van der Waals surface area contributed by atoms with Crippen LogP contribution in [0.4, 0.5) is 0 Å². The lowest BCUT2D eigenvalue weighted by Gasteiger charge is -2.50. The number of likely N-dealkylation sites (tertiary alicyclic amines) is 1. The number of phenolic OH excluding ortho intramolecular Hbond substituents is 1. The second-order valence-corrected chi connectivity index (χ2v) is 6.46. The molecule has 3 nitrogen and oxygen atoms in total. The number of Topliss-reactive ketones (excluding diaryl/α,β-unsaturated/α-hetero) is 1. The van der Waals surface area contributed by atoms with Crippen molar-refractivity contribution in [1.82, 2.24) is 4.90 Å². The van der Waals surface area contributed by atoms with Crippen molar-refractivity contribution in [3.05, 3.63) is 42.5 Å². The predicted molar refractivity (Wildman–Crippen MR) is 83.4 cm³/mol. The van der Waals surface area contributed by atoms with E-state index in [4.69, 9.17) is 0 Å². The normalized spacial score (nSPS) is 29.9. The van der Waals surface area contributed by atoms with Gasteiger partial charge in [0.25, 0.3) is 0 Å². The molecule has 1 N–H and O–H groups in total. The van der Waals surface area contributed by atoms with E-state index in [0.717, 1.165) is 38.0 Å². The van der Waals surface area contributed by atoms with Crippen LogP contribution in [-0.2, 0) is 10.2 Å². The number of piperidine rings is 1. The lowest BCUT2D eigenvalue weighted by Crippen LogP contribution is -2.53. The van der Waals surface area contributed by atoms with Gasteiger partial charge in [0.1, 0.15) is 11.5 Å². The molecule has 1 saturated carbocycles. The van der Waals surface area contributed by atoms with E-state index >= 15 is 0 Å². The van der Waals surface area contributed by atoms with Crippen LogP contribution < -0.4 is 0 Å². The molecule has 2 fully saturated rings. The van der Waals surface area contributed by atoms with Crippen molar-refractivity contribution < 1.29 is 9.90 Å². The van der Waals surface area contributed by atoms with Gasteiger partial charge in [0.2, 0.25) is 0 Å². The first-order valence-electron chi connectivity index (χ1n) is 7.78. The van der Waals surface area contributed by atoms with Crippen LogP contribution >= 0.6 is 0 Å². The van der Waals surface area contributed by atoms with Crippen LogP contribution in [0.15, 0.2) is 36.9 Å². The number of aromatic hydroxyl groups is 1. The highest BCUT2D eigenvalue weighted by Gasteiger charge is 2.47. The third-order valence-corrected chi connectivity index (χ3v) is 5.23. The summed E-state index contributed by atoms with van der Waals surface area (Å²) in [5, 5.41) is 9.82. The average molecular weight is 285 g/mol. The van der Waals surface area contributed by atoms with Crippen LogP contribution in [-0.4, -0.2) is 35.4 Å². The third kappa shape index (κ3) is 2.62. The van der Waals surface area contributed by atoms with Crippen molar-refractivity contribution in [3.63, 3.8) is 0 Å². The standard InChI is InChI=1S/C18H23NO2/c1-2-9-19-10-8-18(14-4-3-5-16(20)11-14)12-17(21)7-6-15(18)13-19/h2-5,11,15,20H,1,6-10,12-13H2/t15-,18-/m0/s1. The first kappa shape index (κ1) is 14.3. The summed E-state index contributed by atoms with van der Waals surface area (Å²) >= 11 is 0. The third-order valence-electron chi connectivity index (χ3n) is 5.23. The molecule has 1 aliphatic carbocycles. The SMILES string of the molecule is C=CCN1CC[C@@]2(c3cccc(O)c3)CC(=O)CC[C@H]2C1. The van der Waals surface area contributed by atoms with Crippen molar-refractivity contribution in [1.29, 1.82) is 0 Å². The molecule has 0 aromatic heterocycles. The van der Waals surface area contributed by atoms with E-state index in [1.165, 1.54) is 0 Å². The Hall–Kier alpha value is -1.61. The van der Waals surface area contributed by atoms with E-state index < -0.39 is 0 Å². The molecule has 112 valence electrons. The highest BCUT2D eigenvalue weighted by atomic mass is 16.3. The Morgan fingerprint density at radius 3 is 3.10 bits per heavy atom. The molecule has 0 amide bonds.